The average molecular weight is 411 g/mol. The number of hydrogen-bond donors (Lipinski definition) is 2. The van der Waals surface area contributed by atoms with Gasteiger partial charge in [-0.3, -0.25) is 19.7 Å². The highest BCUT2D eigenvalue weighted by molar-refractivity contribution is 7.80. The molecule has 1 aliphatic heterocycles. The van der Waals surface area contributed by atoms with E-state index in [1.807, 2.05) is 30.3 Å². The normalized spacial score (nSPS) is 15.9. The molecule has 2 N–H and O–H groups in total. The van der Waals surface area contributed by atoms with Gasteiger partial charge in [-0.2, -0.15) is 0 Å². The van der Waals surface area contributed by atoms with E-state index in [2.05, 4.69) is 10.6 Å². The highest BCUT2D eigenvalue weighted by Crippen LogP contribution is 2.12. The Kier molecular flexibility index (Phi) is 6.91. The van der Waals surface area contributed by atoms with E-state index in [1.54, 1.807) is 35.2 Å². The van der Waals surface area contributed by atoms with Crippen molar-refractivity contribution in [3.63, 3.8) is 0 Å². The third kappa shape index (κ3) is 5.61. The summed E-state index contributed by atoms with van der Waals surface area (Å²) in [5.74, 6) is -1.21. The predicted octanol–water partition coefficient (Wildman–Crippen LogP) is 1.64. The van der Waals surface area contributed by atoms with Gasteiger partial charge in [-0.05, 0) is 29.9 Å². The largest absolute Gasteiger partial charge is 0.461 e. The van der Waals surface area contributed by atoms with Crippen LogP contribution in [0.1, 0.15) is 22.3 Å². The molecular weight excluding hydrogens is 390 g/mol. The van der Waals surface area contributed by atoms with Gasteiger partial charge in [0.15, 0.2) is 5.11 Å². The molecule has 2 aromatic rings. The minimum Gasteiger partial charge on any atom is -0.461 e. The van der Waals surface area contributed by atoms with E-state index >= 15 is 0 Å². The van der Waals surface area contributed by atoms with E-state index in [0.29, 0.717) is 18.7 Å². The number of nitrogens with zero attached hydrogens (tertiary/aromatic N) is 1. The van der Waals surface area contributed by atoms with Gasteiger partial charge in [0.25, 0.3) is 5.91 Å². The van der Waals surface area contributed by atoms with Gasteiger partial charge >= 0.3 is 5.97 Å². The number of nitrogens with one attached hydrogen (secondary N) is 2. The summed E-state index contributed by atoms with van der Waals surface area (Å²) >= 11 is 5.34. The second kappa shape index (κ2) is 9.79. The minimum absolute atomic E-state index is 0.106. The zero-order valence-electron chi connectivity index (χ0n) is 15.7. The Morgan fingerprint density at radius 1 is 1.10 bits per heavy atom. The Morgan fingerprint density at radius 2 is 1.76 bits per heavy atom. The van der Waals surface area contributed by atoms with Crippen molar-refractivity contribution in [3.05, 3.63) is 71.8 Å². The first-order chi connectivity index (χ1) is 14.0. The van der Waals surface area contributed by atoms with Crippen LogP contribution in [0.3, 0.4) is 0 Å². The van der Waals surface area contributed by atoms with E-state index in [-0.39, 0.29) is 30.0 Å². The molecule has 1 fully saturated rings. The minimum atomic E-state index is -0.837. The molecule has 0 spiro atoms. The van der Waals surface area contributed by atoms with Crippen LogP contribution in [0.15, 0.2) is 60.7 Å². The van der Waals surface area contributed by atoms with Gasteiger partial charge in [0.2, 0.25) is 5.91 Å². The molecule has 8 heteroatoms. The molecule has 1 unspecified atom stereocenters. The van der Waals surface area contributed by atoms with Gasteiger partial charge in [0.1, 0.15) is 12.6 Å². The monoisotopic (exact) mass is 411 g/mol. The molecule has 150 valence electrons. The van der Waals surface area contributed by atoms with Crippen LogP contribution in [-0.4, -0.2) is 46.9 Å². The smallest absolute Gasteiger partial charge is 0.308 e. The lowest BCUT2D eigenvalue weighted by atomic mass is 10.1. The molecule has 0 aliphatic carbocycles. The summed E-state index contributed by atoms with van der Waals surface area (Å²) in [7, 11) is 0. The van der Waals surface area contributed by atoms with Gasteiger partial charge in [-0.25, -0.2) is 0 Å². The maximum absolute atomic E-state index is 12.4. The van der Waals surface area contributed by atoms with Crippen molar-refractivity contribution in [3.8, 4) is 0 Å². The number of carbonyl (C=O) groups is 3. The summed E-state index contributed by atoms with van der Waals surface area (Å²) in [6.45, 7) is 0.884. The quantitative estimate of drug-likeness (QED) is 0.575. The van der Waals surface area contributed by atoms with Crippen molar-refractivity contribution in [2.45, 2.75) is 19.1 Å². The number of piperazine rings is 1. The molecule has 1 atom stereocenters. The molecule has 0 bridgehead atoms. The van der Waals surface area contributed by atoms with E-state index in [4.69, 9.17) is 17.0 Å². The Balaban J connectivity index is 1.60. The van der Waals surface area contributed by atoms with Crippen molar-refractivity contribution in [2.75, 3.05) is 13.1 Å². The summed E-state index contributed by atoms with van der Waals surface area (Å²) in [6, 6.07) is 17.1. The van der Waals surface area contributed by atoms with Crippen molar-refractivity contribution in [1.82, 2.24) is 15.5 Å². The molecule has 7 nitrogen and oxygen atoms in total. The summed E-state index contributed by atoms with van der Waals surface area (Å²) in [6.07, 6.45) is -0.167. The highest BCUT2D eigenvalue weighted by atomic mass is 32.1. The van der Waals surface area contributed by atoms with Crippen LogP contribution in [0.2, 0.25) is 0 Å². The Hall–Kier alpha value is -3.26. The second-order valence-electron chi connectivity index (χ2n) is 6.48. The molecular formula is C21H21N3O4S. The number of esters is 1. The second-order valence-corrected chi connectivity index (χ2v) is 6.86. The van der Waals surface area contributed by atoms with E-state index in [1.165, 1.54) is 0 Å². The Morgan fingerprint density at radius 3 is 2.45 bits per heavy atom. The van der Waals surface area contributed by atoms with Crippen molar-refractivity contribution >= 4 is 35.1 Å². The lowest BCUT2D eigenvalue weighted by molar-refractivity contribution is -0.148. The Bertz CT molecular complexity index is 889. The molecule has 0 aromatic heterocycles. The number of rotatable bonds is 5. The number of ether oxygens (including phenoxy) is 1. The molecule has 1 aliphatic rings. The number of thiocarbonyl (C=S) groups is 1. The van der Waals surface area contributed by atoms with Crippen LogP contribution < -0.4 is 10.6 Å². The number of carbonyl (C=O) groups excluding carboxylic acids is 3. The molecule has 2 amide bonds. The summed E-state index contributed by atoms with van der Waals surface area (Å²) in [4.78, 5) is 38.5. The van der Waals surface area contributed by atoms with Crippen molar-refractivity contribution < 1.29 is 19.1 Å². The molecule has 1 saturated heterocycles. The van der Waals surface area contributed by atoms with Crippen molar-refractivity contribution in [1.29, 1.82) is 0 Å². The summed E-state index contributed by atoms with van der Waals surface area (Å²) in [5, 5.41) is 5.46. The SMILES string of the molecule is O=C(CC1C(=O)NCCN1C(=S)NC(=O)c1ccccc1)OCc1ccccc1. The van der Waals surface area contributed by atoms with Crippen LogP contribution in [0.25, 0.3) is 0 Å². The third-order valence-corrected chi connectivity index (χ3v) is 4.79. The first kappa shape index (κ1) is 20.5. The molecule has 0 radical (unpaired) electrons. The molecule has 3 rings (SSSR count). The summed E-state index contributed by atoms with van der Waals surface area (Å²) in [5.41, 5.74) is 1.31. The lowest BCUT2D eigenvalue weighted by Crippen LogP contribution is -2.60. The predicted molar refractivity (Wildman–Crippen MR) is 111 cm³/mol. The van der Waals surface area contributed by atoms with Crippen LogP contribution in [0, 0.1) is 0 Å². The Labute approximate surface area is 174 Å². The lowest BCUT2D eigenvalue weighted by Gasteiger charge is -2.36. The van der Waals surface area contributed by atoms with E-state index < -0.39 is 12.0 Å². The zero-order chi connectivity index (χ0) is 20.6. The molecule has 2 aromatic carbocycles. The van der Waals surface area contributed by atoms with Gasteiger partial charge in [-0.15, -0.1) is 0 Å². The fourth-order valence-corrected chi connectivity index (χ4v) is 3.26. The summed E-state index contributed by atoms with van der Waals surface area (Å²) < 4.78 is 5.28. The molecule has 1 heterocycles. The maximum Gasteiger partial charge on any atom is 0.308 e. The topological polar surface area (TPSA) is 87.7 Å². The first-order valence-corrected chi connectivity index (χ1v) is 9.59. The first-order valence-electron chi connectivity index (χ1n) is 9.19. The fourth-order valence-electron chi connectivity index (χ4n) is 2.95. The average Bonchev–Trinajstić information content (AvgIpc) is 2.75. The standard InChI is InChI=1S/C21H21N3O4S/c25-18(28-14-15-7-3-1-4-8-15)13-17-20(27)22-11-12-24(17)21(29)23-19(26)16-9-5-2-6-10-16/h1-10,17H,11-14H2,(H,22,27)(H,23,26,29). The van der Waals surface area contributed by atoms with Gasteiger partial charge in [0.05, 0.1) is 6.42 Å². The van der Waals surface area contributed by atoms with Crippen LogP contribution in [0.5, 0.6) is 0 Å². The fraction of sp³-hybridized carbons (Fsp3) is 0.238. The third-order valence-electron chi connectivity index (χ3n) is 4.45. The number of amides is 2. The molecule has 29 heavy (non-hydrogen) atoms. The van der Waals surface area contributed by atoms with Crippen LogP contribution >= 0.6 is 12.2 Å². The van der Waals surface area contributed by atoms with Gasteiger partial charge in [-0.1, -0.05) is 48.5 Å². The molecule has 0 saturated carbocycles. The van der Waals surface area contributed by atoms with Crippen LogP contribution in [-0.2, 0) is 20.9 Å². The van der Waals surface area contributed by atoms with Gasteiger partial charge in [0, 0.05) is 18.7 Å². The maximum atomic E-state index is 12.4. The van der Waals surface area contributed by atoms with Crippen molar-refractivity contribution in [2.24, 2.45) is 0 Å². The number of benzene rings is 2. The number of hydrogen-bond acceptors (Lipinski definition) is 5. The van der Waals surface area contributed by atoms with Gasteiger partial charge < -0.3 is 15.0 Å². The van der Waals surface area contributed by atoms with E-state index in [0.717, 1.165) is 5.56 Å². The van der Waals surface area contributed by atoms with E-state index in [9.17, 15) is 14.4 Å². The van der Waals surface area contributed by atoms with Crippen LogP contribution in [0.4, 0.5) is 0 Å². The zero-order valence-corrected chi connectivity index (χ0v) is 16.5. The highest BCUT2D eigenvalue weighted by Gasteiger charge is 2.34.